The molecule has 0 bridgehead atoms. The number of hydrogen-bond donors (Lipinski definition) is 1. The van der Waals surface area contributed by atoms with E-state index in [1.165, 1.54) is 0 Å². The summed E-state index contributed by atoms with van der Waals surface area (Å²) in [5.74, 6) is 1.48. The molecular formula is C26H29N3O4. The quantitative estimate of drug-likeness (QED) is 0.595. The molecule has 0 spiro atoms. The Morgan fingerprint density at radius 2 is 1.70 bits per heavy atom. The molecule has 0 aliphatic carbocycles. The highest BCUT2D eigenvalue weighted by atomic mass is 16.5. The molecule has 33 heavy (non-hydrogen) atoms. The van der Waals surface area contributed by atoms with E-state index in [0.29, 0.717) is 44.2 Å². The summed E-state index contributed by atoms with van der Waals surface area (Å²) in [6.45, 7) is 6.96. The number of para-hydroxylation sites is 1. The highest BCUT2D eigenvalue weighted by molar-refractivity contribution is 5.93. The van der Waals surface area contributed by atoms with Crippen LogP contribution in [-0.2, 0) is 11.4 Å². The van der Waals surface area contributed by atoms with Gasteiger partial charge < -0.3 is 19.4 Å². The van der Waals surface area contributed by atoms with Gasteiger partial charge in [0.2, 0.25) is 5.91 Å². The molecule has 0 atom stereocenters. The standard InChI is InChI=1S/C26H29N3O4/c1-19-7-6-10-23(20(19)2)27-25(30)17-28-13-15-29(16-14-28)26(31)24-12-11-22(33-24)18-32-21-8-4-3-5-9-21/h3-12H,13-18H2,1-2H3,(H,27,30). The number of rotatable bonds is 7. The first-order chi connectivity index (χ1) is 16.0. The predicted molar refractivity (Wildman–Crippen MR) is 126 cm³/mol. The molecule has 2 aromatic carbocycles. The SMILES string of the molecule is Cc1cccc(NC(=O)CN2CCN(C(=O)c3ccc(COc4ccccc4)o3)CC2)c1C. The lowest BCUT2D eigenvalue weighted by atomic mass is 10.1. The van der Waals surface area contributed by atoms with Crippen LogP contribution in [0.4, 0.5) is 5.69 Å². The minimum atomic E-state index is -0.138. The molecule has 1 aliphatic rings. The number of nitrogens with zero attached hydrogens (tertiary/aromatic N) is 2. The Labute approximate surface area is 193 Å². The molecule has 3 aromatic rings. The summed E-state index contributed by atoms with van der Waals surface area (Å²) in [5, 5.41) is 3.00. The molecule has 0 unspecified atom stereocenters. The number of nitrogens with one attached hydrogen (secondary N) is 1. The topological polar surface area (TPSA) is 75.0 Å². The molecule has 1 N–H and O–H groups in total. The van der Waals surface area contributed by atoms with E-state index >= 15 is 0 Å². The van der Waals surface area contributed by atoms with Gasteiger partial charge in [0.25, 0.3) is 5.91 Å². The molecule has 4 rings (SSSR count). The summed E-state index contributed by atoms with van der Waals surface area (Å²) >= 11 is 0. The second-order valence-corrected chi connectivity index (χ2v) is 8.23. The number of carbonyl (C=O) groups is 2. The van der Waals surface area contributed by atoms with E-state index in [9.17, 15) is 9.59 Å². The van der Waals surface area contributed by atoms with Crippen LogP contribution in [0.5, 0.6) is 5.75 Å². The van der Waals surface area contributed by atoms with Gasteiger partial charge in [-0.05, 0) is 55.3 Å². The minimum absolute atomic E-state index is 0.0439. The molecule has 1 saturated heterocycles. The molecule has 1 fully saturated rings. The normalized spacial score (nSPS) is 14.2. The van der Waals surface area contributed by atoms with Crippen molar-refractivity contribution in [2.24, 2.45) is 0 Å². The van der Waals surface area contributed by atoms with E-state index in [-0.39, 0.29) is 18.4 Å². The fourth-order valence-electron chi connectivity index (χ4n) is 3.79. The van der Waals surface area contributed by atoms with Gasteiger partial charge in [0, 0.05) is 31.9 Å². The first-order valence-corrected chi connectivity index (χ1v) is 11.1. The summed E-state index contributed by atoms with van der Waals surface area (Å²) in [7, 11) is 0. The third kappa shape index (κ3) is 5.81. The van der Waals surface area contributed by atoms with Gasteiger partial charge >= 0.3 is 0 Å². The van der Waals surface area contributed by atoms with Gasteiger partial charge in [-0.15, -0.1) is 0 Å². The van der Waals surface area contributed by atoms with Crippen molar-refractivity contribution in [2.75, 3.05) is 38.0 Å². The van der Waals surface area contributed by atoms with Crippen molar-refractivity contribution in [3.63, 3.8) is 0 Å². The maximum absolute atomic E-state index is 12.8. The maximum Gasteiger partial charge on any atom is 0.289 e. The number of piperazine rings is 1. The van der Waals surface area contributed by atoms with Crippen LogP contribution in [0.1, 0.15) is 27.4 Å². The lowest BCUT2D eigenvalue weighted by Gasteiger charge is -2.33. The first-order valence-electron chi connectivity index (χ1n) is 11.1. The molecule has 172 valence electrons. The zero-order valence-corrected chi connectivity index (χ0v) is 19.0. The highest BCUT2D eigenvalue weighted by Gasteiger charge is 2.25. The van der Waals surface area contributed by atoms with Gasteiger partial charge in [-0.2, -0.15) is 0 Å². The molecule has 1 aromatic heterocycles. The van der Waals surface area contributed by atoms with Crippen molar-refractivity contribution in [1.29, 1.82) is 0 Å². The predicted octanol–water partition coefficient (Wildman–Crippen LogP) is 3.87. The summed E-state index contributed by atoms with van der Waals surface area (Å²) in [4.78, 5) is 29.1. The Bertz CT molecular complexity index is 1100. The fraction of sp³-hybridized carbons (Fsp3) is 0.308. The van der Waals surface area contributed by atoms with Crippen LogP contribution in [0.3, 0.4) is 0 Å². The van der Waals surface area contributed by atoms with Gasteiger partial charge in [-0.1, -0.05) is 30.3 Å². The van der Waals surface area contributed by atoms with Crippen LogP contribution < -0.4 is 10.1 Å². The first kappa shape index (κ1) is 22.6. The van der Waals surface area contributed by atoms with E-state index in [2.05, 4.69) is 10.2 Å². The van der Waals surface area contributed by atoms with E-state index < -0.39 is 0 Å². The Morgan fingerprint density at radius 3 is 2.45 bits per heavy atom. The zero-order valence-electron chi connectivity index (χ0n) is 19.0. The smallest absolute Gasteiger partial charge is 0.289 e. The van der Waals surface area contributed by atoms with Crippen LogP contribution in [0.2, 0.25) is 0 Å². The van der Waals surface area contributed by atoms with Crippen LogP contribution in [0, 0.1) is 13.8 Å². The van der Waals surface area contributed by atoms with Gasteiger partial charge in [0.15, 0.2) is 5.76 Å². The largest absolute Gasteiger partial charge is 0.486 e. The summed E-state index contributed by atoms with van der Waals surface area (Å²) in [6.07, 6.45) is 0. The van der Waals surface area contributed by atoms with Crippen molar-refractivity contribution in [1.82, 2.24) is 9.80 Å². The van der Waals surface area contributed by atoms with E-state index in [1.54, 1.807) is 17.0 Å². The lowest BCUT2D eigenvalue weighted by molar-refractivity contribution is -0.117. The average molecular weight is 448 g/mol. The molecule has 0 radical (unpaired) electrons. The number of ether oxygens (including phenoxy) is 1. The molecule has 7 nitrogen and oxygen atoms in total. The van der Waals surface area contributed by atoms with Crippen molar-refractivity contribution >= 4 is 17.5 Å². The average Bonchev–Trinajstić information content (AvgIpc) is 3.30. The zero-order chi connectivity index (χ0) is 23.2. The van der Waals surface area contributed by atoms with Gasteiger partial charge in [-0.25, -0.2) is 0 Å². The molecule has 2 heterocycles. The number of hydrogen-bond acceptors (Lipinski definition) is 5. The third-order valence-corrected chi connectivity index (χ3v) is 5.90. The van der Waals surface area contributed by atoms with Crippen LogP contribution in [0.25, 0.3) is 0 Å². The minimum Gasteiger partial charge on any atom is -0.486 e. The molecule has 2 amide bonds. The second-order valence-electron chi connectivity index (χ2n) is 8.23. The number of anilines is 1. The number of aryl methyl sites for hydroxylation is 1. The van der Waals surface area contributed by atoms with Crippen molar-refractivity contribution in [3.8, 4) is 5.75 Å². The summed E-state index contributed by atoms with van der Waals surface area (Å²) in [6, 6.07) is 18.8. The summed E-state index contributed by atoms with van der Waals surface area (Å²) in [5.41, 5.74) is 3.07. The Morgan fingerprint density at radius 1 is 0.939 bits per heavy atom. The fourth-order valence-corrected chi connectivity index (χ4v) is 3.79. The number of amides is 2. The van der Waals surface area contributed by atoms with Gasteiger partial charge in [-0.3, -0.25) is 14.5 Å². The van der Waals surface area contributed by atoms with Gasteiger partial charge in [0.05, 0.1) is 6.54 Å². The van der Waals surface area contributed by atoms with Crippen molar-refractivity contribution < 1.29 is 18.7 Å². The Kier molecular flexibility index (Phi) is 7.10. The van der Waals surface area contributed by atoms with Crippen LogP contribution in [-0.4, -0.2) is 54.3 Å². The number of benzene rings is 2. The number of carbonyl (C=O) groups excluding carboxylic acids is 2. The van der Waals surface area contributed by atoms with E-state index in [4.69, 9.17) is 9.15 Å². The van der Waals surface area contributed by atoms with Crippen molar-refractivity contribution in [2.45, 2.75) is 20.5 Å². The number of furan rings is 1. The van der Waals surface area contributed by atoms with Crippen LogP contribution in [0.15, 0.2) is 65.1 Å². The Balaban J connectivity index is 1.24. The van der Waals surface area contributed by atoms with Crippen molar-refractivity contribution in [3.05, 3.63) is 83.3 Å². The molecule has 1 aliphatic heterocycles. The molecular weight excluding hydrogens is 418 g/mol. The maximum atomic E-state index is 12.8. The van der Waals surface area contributed by atoms with E-state index in [1.807, 2.05) is 62.4 Å². The lowest BCUT2D eigenvalue weighted by Crippen LogP contribution is -2.50. The van der Waals surface area contributed by atoms with Crippen LogP contribution >= 0.6 is 0 Å². The third-order valence-electron chi connectivity index (χ3n) is 5.90. The second kappa shape index (κ2) is 10.4. The molecule has 7 heteroatoms. The van der Waals surface area contributed by atoms with E-state index in [0.717, 1.165) is 22.6 Å². The highest BCUT2D eigenvalue weighted by Crippen LogP contribution is 2.19. The van der Waals surface area contributed by atoms with Gasteiger partial charge in [0.1, 0.15) is 18.1 Å². The molecule has 0 saturated carbocycles. The Hall–Kier alpha value is -3.58. The summed E-state index contributed by atoms with van der Waals surface area (Å²) < 4.78 is 11.4. The monoisotopic (exact) mass is 447 g/mol.